The van der Waals surface area contributed by atoms with Crippen molar-refractivity contribution in [2.45, 2.75) is 33.1 Å². The van der Waals surface area contributed by atoms with Crippen LogP contribution in [0.3, 0.4) is 0 Å². The first-order valence-corrected chi connectivity index (χ1v) is 6.88. The molecular weight excluding hydrogens is 214 g/mol. The fourth-order valence-electron chi connectivity index (χ4n) is 2.35. The molecule has 4 nitrogen and oxygen atoms in total. The fourth-order valence-corrected chi connectivity index (χ4v) is 2.35. The lowest BCUT2D eigenvalue weighted by molar-refractivity contribution is -0.122. The van der Waals surface area contributed by atoms with Gasteiger partial charge in [-0.3, -0.25) is 4.79 Å². The van der Waals surface area contributed by atoms with Crippen molar-refractivity contribution < 1.29 is 4.79 Å². The van der Waals surface area contributed by atoms with Crippen molar-refractivity contribution in [2.75, 3.05) is 32.7 Å². The third-order valence-electron chi connectivity index (χ3n) is 3.79. The van der Waals surface area contributed by atoms with Gasteiger partial charge >= 0.3 is 0 Å². The summed E-state index contributed by atoms with van der Waals surface area (Å²) in [6, 6.07) is 0. The molecule has 2 atom stereocenters. The number of nitrogens with one attached hydrogen (secondary N) is 1. The second-order valence-electron chi connectivity index (χ2n) is 5.07. The van der Waals surface area contributed by atoms with Crippen LogP contribution in [0, 0.1) is 11.8 Å². The Morgan fingerprint density at radius 3 is 2.82 bits per heavy atom. The molecule has 0 saturated carbocycles. The van der Waals surface area contributed by atoms with E-state index in [2.05, 4.69) is 24.1 Å². The predicted octanol–water partition coefficient (Wildman–Crippen LogP) is 0.819. The smallest absolute Gasteiger partial charge is 0.220 e. The summed E-state index contributed by atoms with van der Waals surface area (Å²) in [6.07, 6.45) is 2.77. The molecular formula is C13H27N3O. The van der Waals surface area contributed by atoms with E-state index in [9.17, 15) is 4.79 Å². The zero-order valence-corrected chi connectivity index (χ0v) is 11.2. The van der Waals surface area contributed by atoms with Gasteiger partial charge in [0.25, 0.3) is 0 Å². The maximum absolute atomic E-state index is 11.7. The minimum Gasteiger partial charge on any atom is -0.356 e. The normalized spacial score (nSPS) is 22.6. The lowest BCUT2D eigenvalue weighted by atomic mass is 10.0. The van der Waals surface area contributed by atoms with Crippen molar-refractivity contribution in [2.24, 2.45) is 17.6 Å². The summed E-state index contributed by atoms with van der Waals surface area (Å²) < 4.78 is 0. The zero-order chi connectivity index (χ0) is 12.7. The Morgan fingerprint density at radius 2 is 2.29 bits per heavy atom. The molecule has 4 heteroatoms. The van der Waals surface area contributed by atoms with Gasteiger partial charge in [0.1, 0.15) is 0 Å². The monoisotopic (exact) mass is 241 g/mol. The molecule has 100 valence electrons. The van der Waals surface area contributed by atoms with Crippen LogP contribution in [0.2, 0.25) is 0 Å². The van der Waals surface area contributed by atoms with E-state index >= 15 is 0 Å². The highest BCUT2D eigenvalue weighted by Crippen LogP contribution is 2.14. The number of nitrogens with zero attached hydrogens (tertiary/aromatic N) is 1. The fraction of sp³-hybridized carbons (Fsp3) is 0.923. The highest BCUT2D eigenvalue weighted by molar-refractivity contribution is 5.76. The molecule has 3 N–H and O–H groups in total. The molecule has 1 aliphatic rings. The van der Waals surface area contributed by atoms with E-state index in [4.69, 9.17) is 5.73 Å². The molecule has 0 aromatic heterocycles. The quantitative estimate of drug-likeness (QED) is 0.694. The second-order valence-corrected chi connectivity index (χ2v) is 5.07. The van der Waals surface area contributed by atoms with Crippen molar-refractivity contribution in [3.63, 3.8) is 0 Å². The van der Waals surface area contributed by atoms with Crippen molar-refractivity contribution in [3.8, 4) is 0 Å². The minimum absolute atomic E-state index is 0.164. The van der Waals surface area contributed by atoms with Crippen molar-refractivity contribution in [1.29, 1.82) is 0 Å². The number of nitrogens with two attached hydrogens (primary N) is 1. The SMILES string of the molecule is CCC(CN)CC(=O)NCC1CCN(CC)C1. The molecule has 1 rings (SSSR count). The Kier molecular flexibility index (Phi) is 6.52. The molecule has 17 heavy (non-hydrogen) atoms. The summed E-state index contributed by atoms with van der Waals surface area (Å²) in [7, 11) is 0. The van der Waals surface area contributed by atoms with E-state index in [1.807, 2.05) is 0 Å². The molecule has 0 aromatic rings. The van der Waals surface area contributed by atoms with Crippen LogP contribution in [0.5, 0.6) is 0 Å². The van der Waals surface area contributed by atoms with Gasteiger partial charge in [0.15, 0.2) is 0 Å². The third-order valence-corrected chi connectivity index (χ3v) is 3.79. The summed E-state index contributed by atoms with van der Waals surface area (Å²) in [6.45, 7) is 9.14. The summed E-state index contributed by atoms with van der Waals surface area (Å²) >= 11 is 0. The van der Waals surface area contributed by atoms with E-state index in [0.717, 1.165) is 26.1 Å². The van der Waals surface area contributed by atoms with E-state index in [1.165, 1.54) is 13.0 Å². The zero-order valence-electron chi connectivity index (χ0n) is 11.2. The van der Waals surface area contributed by atoms with E-state index in [0.29, 0.717) is 24.8 Å². The van der Waals surface area contributed by atoms with Gasteiger partial charge in [-0.25, -0.2) is 0 Å². The van der Waals surface area contributed by atoms with Gasteiger partial charge in [-0.05, 0) is 37.9 Å². The Hall–Kier alpha value is -0.610. The van der Waals surface area contributed by atoms with Gasteiger partial charge in [0.05, 0.1) is 0 Å². The number of hydrogen-bond acceptors (Lipinski definition) is 3. The molecule has 0 aliphatic carbocycles. The van der Waals surface area contributed by atoms with Crippen LogP contribution in [0.4, 0.5) is 0 Å². The Balaban J connectivity index is 2.16. The van der Waals surface area contributed by atoms with Gasteiger partial charge in [-0.2, -0.15) is 0 Å². The predicted molar refractivity (Wildman–Crippen MR) is 70.7 cm³/mol. The lowest BCUT2D eigenvalue weighted by Crippen LogP contribution is -2.33. The van der Waals surface area contributed by atoms with Crippen molar-refractivity contribution >= 4 is 5.91 Å². The number of likely N-dealkylation sites (tertiary alicyclic amines) is 1. The van der Waals surface area contributed by atoms with Crippen molar-refractivity contribution in [1.82, 2.24) is 10.2 Å². The van der Waals surface area contributed by atoms with Crippen LogP contribution in [0.1, 0.15) is 33.1 Å². The number of rotatable bonds is 7. The third kappa shape index (κ3) is 5.04. The van der Waals surface area contributed by atoms with Gasteiger partial charge < -0.3 is 16.0 Å². The van der Waals surface area contributed by atoms with Crippen LogP contribution in [-0.4, -0.2) is 43.5 Å². The molecule has 0 spiro atoms. The summed E-state index contributed by atoms with van der Waals surface area (Å²) in [5, 5.41) is 3.05. The lowest BCUT2D eigenvalue weighted by Gasteiger charge is -2.15. The Labute approximate surface area is 105 Å². The van der Waals surface area contributed by atoms with Gasteiger partial charge in [0, 0.05) is 19.5 Å². The van der Waals surface area contributed by atoms with Crippen LogP contribution < -0.4 is 11.1 Å². The molecule has 0 aromatic carbocycles. The molecule has 1 saturated heterocycles. The van der Waals surface area contributed by atoms with E-state index in [-0.39, 0.29) is 5.91 Å². The first-order chi connectivity index (χ1) is 8.19. The molecule has 0 radical (unpaired) electrons. The standard InChI is InChI=1S/C13H27N3O/c1-3-11(8-14)7-13(17)15-9-12-5-6-16(4-2)10-12/h11-12H,3-10,14H2,1-2H3,(H,15,17). The highest BCUT2D eigenvalue weighted by Gasteiger charge is 2.21. The van der Waals surface area contributed by atoms with Gasteiger partial charge in [0.2, 0.25) is 5.91 Å². The van der Waals surface area contributed by atoms with Crippen LogP contribution in [0.15, 0.2) is 0 Å². The topological polar surface area (TPSA) is 58.4 Å². The molecule has 1 amide bonds. The molecule has 1 aliphatic heterocycles. The molecule has 2 unspecified atom stereocenters. The minimum atomic E-state index is 0.164. The van der Waals surface area contributed by atoms with E-state index < -0.39 is 0 Å². The highest BCUT2D eigenvalue weighted by atomic mass is 16.1. The largest absolute Gasteiger partial charge is 0.356 e. The Bertz CT molecular complexity index is 229. The number of amides is 1. The first-order valence-electron chi connectivity index (χ1n) is 6.88. The average Bonchev–Trinajstić information content (AvgIpc) is 2.81. The molecule has 0 bridgehead atoms. The van der Waals surface area contributed by atoms with Crippen LogP contribution in [0.25, 0.3) is 0 Å². The summed E-state index contributed by atoms with van der Waals surface area (Å²) in [4.78, 5) is 14.1. The maximum atomic E-state index is 11.7. The summed E-state index contributed by atoms with van der Waals surface area (Å²) in [5.41, 5.74) is 5.60. The Morgan fingerprint density at radius 1 is 1.53 bits per heavy atom. The maximum Gasteiger partial charge on any atom is 0.220 e. The van der Waals surface area contributed by atoms with Crippen LogP contribution >= 0.6 is 0 Å². The first kappa shape index (κ1) is 14.5. The average molecular weight is 241 g/mol. The van der Waals surface area contributed by atoms with E-state index in [1.54, 1.807) is 0 Å². The number of carbonyl (C=O) groups excluding carboxylic acids is 1. The van der Waals surface area contributed by atoms with Gasteiger partial charge in [-0.1, -0.05) is 20.3 Å². The summed E-state index contributed by atoms with van der Waals surface area (Å²) in [5.74, 6) is 1.14. The molecule has 1 heterocycles. The van der Waals surface area contributed by atoms with Gasteiger partial charge in [-0.15, -0.1) is 0 Å². The van der Waals surface area contributed by atoms with Crippen molar-refractivity contribution in [3.05, 3.63) is 0 Å². The second kappa shape index (κ2) is 7.67. The molecule has 1 fully saturated rings. The van der Waals surface area contributed by atoms with Crippen LogP contribution in [-0.2, 0) is 4.79 Å². The number of hydrogen-bond donors (Lipinski definition) is 2. The number of carbonyl (C=O) groups is 1.